The SMILES string of the molecule is C[Si]C.Cc1cc2c(-c3cccc(C(C)C)c3)cccc2[cH-]1.Cc1cc2c(-c3cccc(C(C)C)c3)cccc2[cH-]1.[Cl][Zr+2][Cl]. The Labute approximate surface area is 287 Å². The van der Waals surface area contributed by atoms with Gasteiger partial charge >= 0.3 is 37.9 Å². The van der Waals surface area contributed by atoms with Crippen LogP contribution in [0.5, 0.6) is 0 Å². The number of halogens is 2. The maximum absolute atomic E-state index is 4.93. The standard InChI is InChI=1S/2C19H19.C2H6Si.2ClH.Zr/c2*1-13(2)15-6-4-7-17(12-15)18-9-5-8-16-10-14(3)11-19(16)18;1-3-2;;;/h2*4-13H,1-3H3;1-2H3;2*1H;/q2*-1;;;;+4/p-2. The first-order valence-electron chi connectivity index (χ1n) is 15.2. The summed E-state index contributed by atoms with van der Waals surface area (Å²) in [7, 11) is 11.0. The van der Waals surface area contributed by atoms with Crippen LogP contribution in [0.2, 0.25) is 13.1 Å². The van der Waals surface area contributed by atoms with Gasteiger partial charge in [-0.15, -0.1) is 69.1 Å². The third kappa shape index (κ3) is 9.89. The molecule has 0 unspecified atom stereocenters. The molecule has 6 aromatic carbocycles. The Kier molecular flexibility index (Phi) is 14.9. The van der Waals surface area contributed by atoms with Crippen molar-refractivity contribution in [2.75, 3.05) is 0 Å². The van der Waals surface area contributed by atoms with Gasteiger partial charge in [-0.05, 0) is 34.1 Å². The molecule has 6 rings (SSSR count). The van der Waals surface area contributed by atoms with Crippen molar-refractivity contribution in [3.63, 3.8) is 0 Å². The van der Waals surface area contributed by atoms with Gasteiger partial charge in [0.2, 0.25) is 0 Å². The molecule has 0 nitrogen and oxygen atoms in total. The van der Waals surface area contributed by atoms with E-state index in [1.54, 1.807) is 0 Å². The number of rotatable bonds is 4. The van der Waals surface area contributed by atoms with Gasteiger partial charge in [0.05, 0.1) is 0 Å². The van der Waals surface area contributed by atoms with Crippen molar-refractivity contribution in [3.05, 3.63) is 131 Å². The molecule has 0 aliphatic rings. The first-order chi connectivity index (χ1) is 21.1. The van der Waals surface area contributed by atoms with E-state index >= 15 is 0 Å². The fourth-order valence-corrected chi connectivity index (χ4v) is 5.40. The van der Waals surface area contributed by atoms with Gasteiger partial charge in [-0.2, -0.15) is 12.1 Å². The second-order valence-corrected chi connectivity index (χ2v) is 16.5. The van der Waals surface area contributed by atoms with Gasteiger partial charge in [0.15, 0.2) is 0 Å². The van der Waals surface area contributed by atoms with Crippen LogP contribution < -0.4 is 0 Å². The molecule has 0 saturated carbocycles. The summed E-state index contributed by atoms with van der Waals surface area (Å²) in [6.07, 6.45) is 0. The Morgan fingerprint density at radius 1 is 0.568 bits per heavy atom. The first kappa shape index (κ1) is 36.3. The molecule has 2 radical (unpaired) electrons. The average Bonchev–Trinajstić information content (AvgIpc) is 3.59. The molecule has 0 saturated heterocycles. The predicted molar refractivity (Wildman–Crippen MR) is 197 cm³/mol. The Morgan fingerprint density at radius 2 is 0.909 bits per heavy atom. The van der Waals surface area contributed by atoms with Crippen LogP contribution in [0.4, 0.5) is 0 Å². The molecule has 0 heterocycles. The number of benzene rings is 4. The third-order valence-electron chi connectivity index (χ3n) is 7.52. The van der Waals surface area contributed by atoms with E-state index in [1.807, 2.05) is 0 Å². The van der Waals surface area contributed by atoms with Gasteiger partial charge in [-0.1, -0.05) is 126 Å². The minimum atomic E-state index is -0.826. The number of hydrogen-bond acceptors (Lipinski definition) is 0. The van der Waals surface area contributed by atoms with Crippen molar-refractivity contribution in [2.24, 2.45) is 0 Å². The first-order valence-corrected chi connectivity index (χ1v) is 23.5. The molecule has 0 bridgehead atoms. The van der Waals surface area contributed by atoms with Crippen molar-refractivity contribution >= 4 is 48.1 Å². The normalized spacial score (nSPS) is 10.5. The van der Waals surface area contributed by atoms with Crippen molar-refractivity contribution in [1.29, 1.82) is 0 Å². The summed E-state index contributed by atoms with van der Waals surface area (Å²) >= 11 is -0.826. The molecule has 44 heavy (non-hydrogen) atoms. The summed E-state index contributed by atoms with van der Waals surface area (Å²) in [6, 6.07) is 40.0. The Morgan fingerprint density at radius 3 is 1.25 bits per heavy atom. The second kappa shape index (κ2) is 18.1. The van der Waals surface area contributed by atoms with Gasteiger partial charge in [0, 0.05) is 9.52 Å². The van der Waals surface area contributed by atoms with E-state index in [9.17, 15) is 0 Å². The fraction of sp³-hybridized carbons (Fsp3) is 0.250. The zero-order valence-corrected chi connectivity index (χ0v) is 32.3. The van der Waals surface area contributed by atoms with Gasteiger partial charge in [-0.3, -0.25) is 0 Å². The Hall–Kier alpha value is -2.22. The maximum atomic E-state index is 4.93. The van der Waals surface area contributed by atoms with Crippen molar-refractivity contribution in [1.82, 2.24) is 0 Å². The third-order valence-corrected chi connectivity index (χ3v) is 7.52. The molecular formula is C40H44Cl2SiZr. The minimum absolute atomic E-state index is 0.570. The number of aryl methyl sites for hydroxylation is 2. The Balaban J connectivity index is 0.000000204. The summed E-state index contributed by atoms with van der Waals surface area (Å²) < 4.78 is 0. The van der Waals surface area contributed by atoms with E-state index in [0.29, 0.717) is 11.8 Å². The quantitative estimate of drug-likeness (QED) is 0.126. The van der Waals surface area contributed by atoms with Gasteiger partial charge in [0.1, 0.15) is 0 Å². The van der Waals surface area contributed by atoms with Gasteiger partial charge in [-0.25, -0.2) is 0 Å². The van der Waals surface area contributed by atoms with Crippen LogP contribution in [0.15, 0.2) is 109 Å². The summed E-state index contributed by atoms with van der Waals surface area (Å²) in [4.78, 5) is 0. The van der Waals surface area contributed by atoms with Crippen LogP contribution in [0, 0.1) is 13.8 Å². The Bertz CT molecular complexity index is 1610. The molecule has 0 aliphatic heterocycles. The van der Waals surface area contributed by atoms with Crippen LogP contribution in [-0.4, -0.2) is 9.52 Å². The second-order valence-electron chi connectivity index (χ2n) is 11.8. The zero-order valence-electron chi connectivity index (χ0n) is 27.3. The number of fused-ring (bicyclic) bond motifs is 2. The van der Waals surface area contributed by atoms with E-state index in [1.165, 1.54) is 66.1 Å². The molecule has 0 spiro atoms. The fourth-order valence-electron chi connectivity index (χ4n) is 5.40. The molecule has 0 fully saturated rings. The molecule has 226 valence electrons. The van der Waals surface area contributed by atoms with E-state index in [0.717, 1.165) is 9.52 Å². The molecule has 0 N–H and O–H groups in total. The molecule has 0 aromatic heterocycles. The van der Waals surface area contributed by atoms with Gasteiger partial charge < -0.3 is 0 Å². The van der Waals surface area contributed by atoms with E-state index < -0.39 is 20.8 Å². The van der Waals surface area contributed by atoms with Crippen molar-refractivity contribution in [2.45, 2.75) is 66.5 Å². The summed E-state index contributed by atoms with van der Waals surface area (Å²) in [5.74, 6) is 1.14. The van der Waals surface area contributed by atoms with Crippen LogP contribution >= 0.6 is 17.0 Å². The van der Waals surface area contributed by atoms with E-state index in [-0.39, 0.29) is 0 Å². The molecule has 6 aromatic rings. The molecular weight excluding hydrogens is 671 g/mol. The van der Waals surface area contributed by atoms with Crippen LogP contribution in [-0.2, 0) is 20.8 Å². The van der Waals surface area contributed by atoms with Crippen LogP contribution in [0.3, 0.4) is 0 Å². The zero-order chi connectivity index (χ0) is 32.2. The molecule has 4 heteroatoms. The van der Waals surface area contributed by atoms with Crippen LogP contribution in [0.1, 0.15) is 61.8 Å². The monoisotopic (exact) mass is 712 g/mol. The molecule has 0 aliphatic carbocycles. The summed E-state index contributed by atoms with van der Waals surface area (Å²) in [6.45, 7) is 17.6. The topological polar surface area (TPSA) is 0 Å². The average molecular weight is 715 g/mol. The van der Waals surface area contributed by atoms with Crippen molar-refractivity contribution < 1.29 is 20.8 Å². The molecule has 0 amide bonds. The van der Waals surface area contributed by atoms with E-state index in [4.69, 9.17) is 17.0 Å². The summed E-state index contributed by atoms with van der Waals surface area (Å²) in [5.41, 5.74) is 10.8. The summed E-state index contributed by atoms with van der Waals surface area (Å²) in [5, 5.41) is 5.40. The number of hydrogen-bond donors (Lipinski definition) is 0. The van der Waals surface area contributed by atoms with Gasteiger partial charge in [0.25, 0.3) is 0 Å². The van der Waals surface area contributed by atoms with E-state index in [2.05, 4.69) is 164 Å². The van der Waals surface area contributed by atoms with Crippen molar-refractivity contribution in [3.8, 4) is 22.3 Å². The van der Waals surface area contributed by atoms with Crippen LogP contribution in [0.25, 0.3) is 43.8 Å². The predicted octanol–water partition coefficient (Wildman–Crippen LogP) is 13.5. The molecule has 0 atom stereocenters.